The van der Waals surface area contributed by atoms with Gasteiger partial charge in [-0.3, -0.25) is 0 Å². The maximum Gasteiger partial charge on any atom is 0.213 e. The molecule has 2 N–H and O–H groups in total. The largest absolute Gasteiger partial charge is 0.473 e. The molecule has 2 rings (SSSR count). The van der Waals surface area contributed by atoms with Gasteiger partial charge in [0.2, 0.25) is 5.88 Å². The van der Waals surface area contributed by atoms with Crippen LogP contribution in [0.1, 0.15) is 36.1 Å². The normalized spacial score (nSPS) is 12.2. The minimum Gasteiger partial charge on any atom is -0.473 e. The number of nitrogens with zero attached hydrogens (tertiary/aromatic N) is 1. The first-order valence-corrected chi connectivity index (χ1v) is 6.59. The van der Waals surface area contributed by atoms with E-state index in [4.69, 9.17) is 10.5 Å². The molecular weight excluding hydrogens is 236 g/mol. The van der Waals surface area contributed by atoms with Crippen LogP contribution >= 0.6 is 0 Å². The number of aromatic nitrogens is 1. The fraction of sp³-hybridized carbons (Fsp3) is 0.312. The fourth-order valence-corrected chi connectivity index (χ4v) is 1.96. The van der Waals surface area contributed by atoms with Gasteiger partial charge in [0.25, 0.3) is 0 Å². The summed E-state index contributed by atoms with van der Waals surface area (Å²) in [6.07, 6.45) is 2.73. The van der Waals surface area contributed by atoms with Crippen molar-refractivity contribution in [2.24, 2.45) is 5.73 Å². The first kappa shape index (κ1) is 13.6. The quantitative estimate of drug-likeness (QED) is 0.892. The van der Waals surface area contributed by atoms with E-state index < -0.39 is 0 Å². The molecule has 1 aromatic carbocycles. The van der Waals surface area contributed by atoms with Crippen LogP contribution in [0.15, 0.2) is 42.6 Å². The Morgan fingerprint density at radius 1 is 1.26 bits per heavy atom. The summed E-state index contributed by atoms with van der Waals surface area (Å²) in [5.41, 5.74) is 9.39. The molecule has 3 nitrogen and oxygen atoms in total. The third-order valence-corrected chi connectivity index (χ3v) is 3.20. The summed E-state index contributed by atoms with van der Waals surface area (Å²) in [5, 5.41) is 0. The number of benzene rings is 1. The second-order valence-electron chi connectivity index (χ2n) is 4.67. The molecule has 0 amide bonds. The van der Waals surface area contributed by atoms with E-state index in [1.165, 1.54) is 0 Å². The summed E-state index contributed by atoms with van der Waals surface area (Å²) < 4.78 is 5.69. The smallest absolute Gasteiger partial charge is 0.213 e. The van der Waals surface area contributed by atoms with Crippen molar-refractivity contribution in [2.45, 2.75) is 32.9 Å². The first-order chi connectivity index (χ1) is 9.20. The van der Waals surface area contributed by atoms with Gasteiger partial charge in [-0.15, -0.1) is 0 Å². The van der Waals surface area contributed by atoms with Crippen LogP contribution in [0.5, 0.6) is 5.88 Å². The highest BCUT2D eigenvalue weighted by atomic mass is 16.5. The average molecular weight is 256 g/mol. The molecule has 3 heteroatoms. The van der Waals surface area contributed by atoms with Crippen LogP contribution in [0, 0.1) is 6.92 Å². The number of pyridine rings is 1. The summed E-state index contributed by atoms with van der Waals surface area (Å²) in [4.78, 5) is 4.32. The maximum absolute atomic E-state index is 6.03. The van der Waals surface area contributed by atoms with Crippen molar-refractivity contribution in [3.05, 3.63) is 59.3 Å². The molecule has 0 saturated heterocycles. The molecule has 1 atom stereocenters. The zero-order valence-corrected chi connectivity index (χ0v) is 11.5. The van der Waals surface area contributed by atoms with Crippen LogP contribution in [-0.2, 0) is 6.61 Å². The molecule has 19 heavy (non-hydrogen) atoms. The molecule has 0 saturated carbocycles. The van der Waals surface area contributed by atoms with Crippen LogP contribution in [0.3, 0.4) is 0 Å². The van der Waals surface area contributed by atoms with Gasteiger partial charge < -0.3 is 10.5 Å². The van der Waals surface area contributed by atoms with Gasteiger partial charge in [-0.25, -0.2) is 4.98 Å². The second kappa shape index (κ2) is 6.34. The molecule has 0 aliphatic heterocycles. The van der Waals surface area contributed by atoms with E-state index in [9.17, 15) is 0 Å². The van der Waals surface area contributed by atoms with E-state index >= 15 is 0 Å². The van der Waals surface area contributed by atoms with Crippen LogP contribution in [-0.4, -0.2) is 4.98 Å². The Hall–Kier alpha value is -1.87. The number of hydrogen-bond acceptors (Lipinski definition) is 3. The van der Waals surface area contributed by atoms with E-state index in [1.807, 2.05) is 49.5 Å². The van der Waals surface area contributed by atoms with Crippen LogP contribution in [0.2, 0.25) is 0 Å². The van der Waals surface area contributed by atoms with Gasteiger partial charge >= 0.3 is 0 Å². The topological polar surface area (TPSA) is 48.1 Å². The van der Waals surface area contributed by atoms with E-state index in [0.29, 0.717) is 12.5 Å². The lowest BCUT2D eigenvalue weighted by atomic mass is 10.0. The third-order valence-electron chi connectivity index (χ3n) is 3.20. The predicted octanol–water partition coefficient (Wildman–Crippen LogP) is 3.38. The lowest BCUT2D eigenvalue weighted by Crippen LogP contribution is -2.11. The van der Waals surface area contributed by atoms with Crippen molar-refractivity contribution in [2.75, 3.05) is 0 Å². The Balaban J connectivity index is 2.04. The summed E-state index contributed by atoms with van der Waals surface area (Å²) in [7, 11) is 0. The summed E-state index contributed by atoms with van der Waals surface area (Å²) in [6.45, 7) is 4.65. The van der Waals surface area contributed by atoms with Crippen molar-refractivity contribution >= 4 is 0 Å². The van der Waals surface area contributed by atoms with Crippen molar-refractivity contribution in [1.82, 2.24) is 4.98 Å². The predicted molar refractivity (Wildman–Crippen MR) is 77.0 cm³/mol. The molecule has 0 spiro atoms. The number of nitrogens with two attached hydrogens (primary N) is 1. The highest BCUT2D eigenvalue weighted by Crippen LogP contribution is 2.21. The average Bonchev–Trinajstić information content (AvgIpc) is 2.45. The third kappa shape index (κ3) is 3.55. The zero-order valence-electron chi connectivity index (χ0n) is 11.5. The molecular formula is C16H20N2O. The fourth-order valence-electron chi connectivity index (χ4n) is 1.96. The molecule has 0 aliphatic rings. The van der Waals surface area contributed by atoms with Crippen molar-refractivity contribution < 1.29 is 4.74 Å². The number of hydrogen-bond donors (Lipinski definition) is 1. The Morgan fingerprint density at radius 3 is 2.63 bits per heavy atom. The molecule has 0 bridgehead atoms. The number of ether oxygens (including phenoxy) is 1. The molecule has 1 heterocycles. The molecule has 0 fully saturated rings. The van der Waals surface area contributed by atoms with E-state index in [0.717, 1.165) is 23.1 Å². The Morgan fingerprint density at radius 2 is 2.00 bits per heavy atom. The number of rotatable bonds is 5. The van der Waals surface area contributed by atoms with Crippen molar-refractivity contribution in [1.29, 1.82) is 0 Å². The van der Waals surface area contributed by atoms with Gasteiger partial charge in [0, 0.05) is 18.3 Å². The van der Waals surface area contributed by atoms with Gasteiger partial charge in [0.1, 0.15) is 6.61 Å². The van der Waals surface area contributed by atoms with Crippen LogP contribution in [0.4, 0.5) is 0 Å². The molecule has 2 aromatic rings. The summed E-state index contributed by atoms with van der Waals surface area (Å²) >= 11 is 0. The minimum atomic E-state index is 0.0515. The van der Waals surface area contributed by atoms with Gasteiger partial charge in [-0.05, 0) is 30.0 Å². The highest BCUT2D eigenvalue weighted by molar-refractivity contribution is 5.30. The molecule has 0 unspecified atom stereocenters. The van der Waals surface area contributed by atoms with E-state index in [1.54, 1.807) is 0 Å². The van der Waals surface area contributed by atoms with Crippen molar-refractivity contribution in [3.63, 3.8) is 0 Å². The molecule has 0 aliphatic carbocycles. The van der Waals surface area contributed by atoms with Crippen molar-refractivity contribution in [3.8, 4) is 5.88 Å². The summed E-state index contributed by atoms with van der Waals surface area (Å²) in [6, 6.07) is 12.1. The maximum atomic E-state index is 6.03. The molecule has 100 valence electrons. The first-order valence-electron chi connectivity index (χ1n) is 6.59. The lowest BCUT2D eigenvalue weighted by Gasteiger charge is -2.13. The van der Waals surface area contributed by atoms with Crippen LogP contribution in [0.25, 0.3) is 0 Å². The minimum absolute atomic E-state index is 0.0515. The van der Waals surface area contributed by atoms with E-state index in [2.05, 4.69) is 11.9 Å². The van der Waals surface area contributed by atoms with Crippen LogP contribution < -0.4 is 10.5 Å². The van der Waals surface area contributed by atoms with Gasteiger partial charge in [-0.1, -0.05) is 37.3 Å². The van der Waals surface area contributed by atoms with E-state index in [-0.39, 0.29) is 6.04 Å². The standard InChI is InChI=1S/C16H20N2O/c1-3-15(17)14-10-18-16(9-12(14)2)19-11-13-7-5-4-6-8-13/h4-10,15H,3,11,17H2,1-2H3/t15-/m0/s1. The SMILES string of the molecule is CC[C@H](N)c1cnc(OCc2ccccc2)cc1C. The Bertz CT molecular complexity index is 526. The molecule has 1 aromatic heterocycles. The second-order valence-corrected chi connectivity index (χ2v) is 4.67. The lowest BCUT2D eigenvalue weighted by molar-refractivity contribution is 0.293. The number of aryl methyl sites for hydroxylation is 1. The van der Waals surface area contributed by atoms with Gasteiger partial charge in [0.05, 0.1) is 0 Å². The monoisotopic (exact) mass is 256 g/mol. The van der Waals surface area contributed by atoms with Gasteiger partial charge in [-0.2, -0.15) is 0 Å². The zero-order chi connectivity index (χ0) is 13.7. The Labute approximate surface area is 114 Å². The van der Waals surface area contributed by atoms with Gasteiger partial charge in [0.15, 0.2) is 0 Å². The molecule has 0 radical (unpaired) electrons. The summed E-state index contributed by atoms with van der Waals surface area (Å²) in [5.74, 6) is 0.647. The highest BCUT2D eigenvalue weighted by Gasteiger charge is 2.08. The Kier molecular flexibility index (Phi) is 4.53.